The number of nitrogens with two attached hydrogens (primary N) is 1. The largest absolute Gasteiger partial charge is 0.354 e. The van der Waals surface area contributed by atoms with Gasteiger partial charge in [-0.3, -0.25) is 9.69 Å². The summed E-state index contributed by atoms with van der Waals surface area (Å²) in [5, 5.41) is 3.00. The average Bonchev–Trinajstić information content (AvgIpc) is 2.35. The Kier molecular flexibility index (Phi) is 7.21. The SMILES string of the molecule is CCCCN1CCCCC1CNC(=O)CCN. The Balaban J connectivity index is 2.29. The van der Waals surface area contributed by atoms with Gasteiger partial charge in [-0.15, -0.1) is 0 Å². The van der Waals surface area contributed by atoms with Crippen molar-refractivity contribution in [1.82, 2.24) is 10.2 Å². The molecule has 1 aliphatic heterocycles. The van der Waals surface area contributed by atoms with E-state index in [9.17, 15) is 4.79 Å². The average molecular weight is 241 g/mol. The van der Waals surface area contributed by atoms with Crippen LogP contribution in [0.5, 0.6) is 0 Å². The third-order valence-corrected chi connectivity index (χ3v) is 3.45. The molecule has 1 aliphatic rings. The van der Waals surface area contributed by atoms with Crippen LogP contribution in [-0.4, -0.2) is 43.0 Å². The van der Waals surface area contributed by atoms with Gasteiger partial charge in [-0.1, -0.05) is 19.8 Å². The van der Waals surface area contributed by atoms with Crippen LogP contribution in [0.4, 0.5) is 0 Å². The Labute approximate surface area is 105 Å². The summed E-state index contributed by atoms with van der Waals surface area (Å²) < 4.78 is 0. The zero-order chi connectivity index (χ0) is 12.5. The molecule has 4 nitrogen and oxygen atoms in total. The van der Waals surface area contributed by atoms with E-state index in [1.165, 1.54) is 45.2 Å². The van der Waals surface area contributed by atoms with Gasteiger partial charge in [-0.2, -0.15) is 0 Å². The summed E-state index contributed by atoms with van der Waals surface area (Å²) in [6.45, 7) is 5.83. The molecule has 4 heteroatoms. The molecule has 17 heavy (non-hydrogen) atoms. The van der Waals surface area contributed by atoms with Gasteiger partial charge in [-0.25, -0.2) is 0 Å². The maximum Gasteiger partial charge on any atom is 0.221 e. The summed E-state index contributed by atoms with van der Waals surface area (Å²) in [5.41, 5.74) is 5.36. The van der Waals surface area contributed by atoms with Gasteiger partial charge >= 0.3 is 0 Å². The summed E-state index contributed by atoms with van der Waals surface area (Å²) in [5.74, 6) is 0.0912. The highest BCUT2D eigenvalue weighted by molar-refractivity contribution is 5.76. The van der Waals surface area contributed by atoms with Crippen LogP contribution in [0.15, 0.2) is 0 Å². The fourth-order valence-electron chi connectivity index (χ4n) is 2.40. The number of piperidine rings is 1. The predicted octanol–water partition coefficient (Wildman–Crippen LogP) is 1.11. The second-order valence-electron chi connectivity index (χ2n) is 4.88. The second-order valence-corrected chi connectivity index (χ2v) is 4.88. The number of carbonyl (C=O) groups is 1. The molecule has 1 rings (SSSR count). The van der Waals surface area contributed by atoms with Crippen LogP contribution in [0.3, 0.4) is 0 Å². The van der Waals surface area contributed by atoms with E-state index < -0.39 is 0 Å². The molecule has 0 aromatic carbocycles. The maximum atomic E-state index is 11.4. The molecule has 1 amide bonds. The number of likely N-dealkylation sites (tertiary alicyclic amines) is 1. The highest BCUT2D eigenvalue weighted by atomic mass is 16.1. The third kappa shape index (κ3) is 5.50. The van der Waals surface area contributed by atoms with Crippen molar-refractivity contribution in [3.8, 4) is 0 Å². The first-order valence-corrected chi connectivity index (χ1v) is 6.98. The summed E-state index contributed by atoms with van der Waals surface area (Å²) >= 11 is 0. The van der Waals surface area contributed by atoms with Gasteiger partial charge in [0.1, 0.15) is 0 Å². The van der Waals surface area contributed by atoms with Crippen molar-refractivity contribution in [3.05, 3.63) is 0 Å². The minimum absolute atomic E-state index is 0.0912. The van der Waals surface area contributed by atoms with Crippen LogP contribution in [0.1, 0.15) is 45.4 Å². The van der Waals surface area contributed by atoms with Gasteiger partial charge in [0, 0.05) is 25.6 Å². The molecule has 1 heterocycles. The second kappa shape index (κ2) is 8.48. The number of nitrogens with zero attached hydrogens (tertiary/aromatic N) is 1. The maximum absolute atomic E-state index is 11.4. The molecule has 0 saturated carbocycles. The predicted molar refractivity (Wildman–Crippen MR) is 70.8 cm³/mol. The Bertz CT molecular complexity index is 221. The lowest BCUT2D eigenvalue weighted by atomic mass is 10.0. The van der Waals surface area contributed by atoms with Crippen LogP contribution in [0, 0.1) is 0 Å². The standard InChI is InChI=1S/C13H27N3O/c1-2-3-9-16-10-5-4-6-12(16)11-15-13(17)7-8-14/h12H,2-11,14H2,1H3,(H,15,17). The van der Waals surface area contributed by atoms with E-state index in [-0.39, 0.29) is 5.91 Å². The van der Waals surface area contributed by atoms with Gasteiger partial charge in [0.15, 0.2) is 0 Å². The number of amides is 1. The van der Waals surface area contributed by atoms with Crippen molar-refractivity contribution in [1.29, 1.82) is 0 Å². The molecule has 0 radical (unpaired) electrons. The molecule has 1 unspecified atom stereocenters. The Morgan fingerprint density at radius 2 is 2.29 bits per heavy atom. The van der Waals surface area contributed by atoms with Gasteiger partial charge in [0.25, 0.3) is 0 Å². The molecular weight excluding hydrogens is 214 g/mol. The Morgan fingerprint density at radius 3 is 3.00 bits per heavy atom. The van der Waals surface area contributed by atoms with Crippen molar-refractivity contribution in [2.24, 2.45) is 5.73 Å². The molecule has 0 aromatic heterocycles. The van der Waals surface area contributed by atoms with Crippen molar-refractivity contribution in [2.75, 3.05) is 26.2 Å². The number of rotatable bonds is 7. The Hall–Kier alpha value is -0.610. The van der Waals surface area contributed by atoms with Gasteiger partial charge in [-0.05, 0) is 32.4 Å². The van der Waals surface area contributed by atoms with E-state index in [4.69, 9.17) is 5.73 Å². The first-order valence-electron chi connectivity index (χ1n) is 6.98. The van der Waals surface area contributed by atoms with Gasteiger partial charge in [0.2, 0.25) is 5.91 Å². The fourth-order valence-corrected chi connectivity index (χ4v) is 2.40. The summed E-state index contributed by atoms with van der Waals surface area (Å²) in [6, 6.07) is 0.539. The van der Waals surface area contributed by atoms with E-state index in [0.29, 0.717) is 19.0 Å². The molecule has 0 aliphatic carbocycles. The third-order valence-electron chi connectivity index (χ3n) is 3.45. The fraction of sp³-hybridized carbons (Fsp3) is 0.923. The quantitative estimate of drug-likeness (QED) is 0.702. The number of hydrogen-bond acceptors (Lipinski definition) is 3. The molecule has 1 fully saturated rings. The van der Waals surface area contributed by atoms with E-state index in [2.05, 4.69) is 17.1 Å². The number of unbranched alkanes of at least 4 members (excludes halogenated alkanes) is 1. The Morgan fingerprint density at radius 1 is 1.47 bits per heavy atom. The van der Waals surface area contributed by atoms with Crippen LogP contribution in [0.2, 0.25) is 0 Å². The molecule has 1 atom stereocenters. The summed E-state index contributed by atoms with van der Waals surface area (Å²) in [7, 11) is 0. The van der Waals surface area contributed by atoms with Gasteiger partial charge in [0.05, 0.1) is 0 Å². The molecular formula is C13H27N3O. The monoisotopic (exact) mass is 241 g/mol. The molecule has 0 bridgehead atoms. The van der Waals surface area contributed by atoms with Crippen molar-refractivity contribution < 1.29 is 4.79 Å². The molecule has 1 saturated heterocycles. The smallest absolute Gasteiger partial charge is 0.221 e. The molecule has 0 aromatic rings. The van der Waals surface area contributed by atoms with E-state index in [0.717, 1.165) is 6.54 Å². The minimum atomic E-state index is 0.0912. The van der Waals surface area contributed by atoms with E-state index in [1.807, 2.05) is 0 Å². The normalized spacial score (nSPS) is 21.4. The topological polar surface area (TPSA) is 58.4 Å². The van der Waals surface area contributed by atoms with Gasteiger partial charge < -0.3 is 11.1 Å². The van der Waals surface area contributed by atoms with E-state index >= 15 is 0 Å². The van der Waals surface area contributed by atoms with Crippen molar-refractivity contribution in [2.45, 2.75) is 51.5 Å². The van der Waals surface area contributed by atoms with Crippen LogP contribution >= 0.6 is 0 Å². The van der Waals surface area contributed by atoms with E-state index in [1.54, 1.807) is 0 Å². The highest BCUT2D eigenvalue weighted by Gasteiger charge is 2.21. The number of carbonyl (C=O) groups excluding carboxylic acids is 1. The van der Waals surface area contributed by atoms with Crippen molar-refractivity contribution in [3.63, 3.8) is 0 Å². The van der Waals surface area contributed by atoms with Crippen LogP contribution in [0.25, 0.3) is 0 Å². The van der Waals surface area contributed by atoms with Crippen molar-refractivity contribution >= 4 is 5.91 Å². The lowest BCUT2D eigenvalue weighted by Crippen LogP contribution is -2.47. The summed E-state index contributed by atoms with van der Waals surface area (Å²) in [6.07, 6.45) is 6.75. The molecule has 100 valence electrons. The molecule has 0 spiro atoms. The lowest BCUT2D eigenvalue weighted by molar-refractivity contribution is -0.121. The lowest BCUT2D eigenvalue weighted by Gasteiger charge is -2.35. The first-order chi connectivity index (χ1) is 8.27. The first kappa shape index (κ1) is 14.5. The highest BCUT2D eigenvalue weighted by Crippen LogP contribution is 2.16. The zero-order valence-electron chi connectivity index (χ0n) is 11.1. The number of hydrogen-bond donors (Lipinski definition) is 2. The minimum Gasteiger partial charge on any atom is -0.354 e. The number of nitrogens with one attached hydrogen (secondary N) is 1. The van der Waals surface area contributed by atoms with Crippen LogP contribution in [-0.2, 0) is 4.79 Å². The summed E-state index contributed by atoms with van der Waals surface area (Å²) in [4.78, 5) is 13.9. The molecule has 3 N–H and O–H groups in total. The van der Waals surface area contributed by atoms with Crippen LogP contribution < -0.4 is 11.1 Å². The zero-order valence-corrected chi connectivity index (χ0v) is 11.1.